The number of nitrogens with two attached hydrogens (primary N) is 1. The molecule has 1 aromatic carbocycles. The zero-order valence-electron chi connectivity index (χ0n) is 18.6. The molecule has 2 aliphatic rings. The predicted octanol–water partition coefficient (Wildman–Crippen LogP) is 2.79. The maximum absolute atomic E-state index is 13.6. The lowest BCUT2D eigenvalue weighted by Gasteiger charge is -2.25. The van der Waals surface area contributed by atoms with Crippen molar-refractivity contribution in [1.29, 1.82) is 0 Å². The van der Waals surface area contributed by atoms with E-state index in [1.54, 1.807) is 19.1 Å². The fourth-order valence-electron chi connectivity index (χ4n) is 4.32. The predicted molar refractivity (Wildman–Crippen MR) is 121 cm³/mol. The molecule has 0 spiro atoms. The molecule has 0 saturated heterocycles. The van der Waals surface area contributed by atoms with Crippen LogP contribution in [0.5, 0.6) is 0 Å². The number of aromatic nitrogens is 1. The lowest BCUT2D eigenvalue weighted by Crippen LogP contribution is -2.52. The van der Waals surface area contributed by atoms with Crippen molar-refractivity contribution in [3.63, 3.8) is 0 Å². The van der Waals surface area contributed by atoms with Gasteiger partial charge in [0.2, 0.25) is 11.8 Å². The number of pyridine rings is 1. The Morgan fingerprint density at radius 2 is 2.00 bits per heavy atom. The van der Waals surface area contributed by atoms with Gasteiger partial charge in [0.05, 0.1) is 11.6 Å². The summed E-state index contributed by atoms with van der Waals surface area (Å²) in [6.07, 6.45) is 0.596. The number of benzene rings is 1. The van der Waals surface area contributed by atoms with Gasteiger partial charge in [0.15, 0.2) is 0 Å². The van der Waals surface area contributed by atoms with Crippen LogP contribution in [-0.2, 0) is 16.0 Å². The van der Waals surface area contributed by atoms with Crippen molar-refractivity contribution >= 4 is 23.2 Å². The molecule has 1 aromatic heterocycles. The second-order valence-corrected chi connectivity index (χ2v) is 8.51. The quantitative estimate of drug-likeness (QED) is 0.516. The monoisotopic (exact) mass is 473 g/mol. The molecule has 180 valence electrons. The number of halogens is 3. The van der Waals surface area contributed by atoms with E-state index in [4.69, 9.17) is 5.73 Å². The van der Waals surface area contributed by atoms with E-state index in [2.05, 4.69) is 20.9 Å². The lowest BCUT2D eigenvalue weighted by molar-refractivity contribution is -0.129. The maximum atomic E-state index is 13.6. The van der Waals surface area contributed by atoms with E-state index in [0.717, 1.165) is 23.4 Å². The SMILES string of the molecule is C[C@H](NC(=O)[C@H]1C=C(c2ccc(F)c(C(F)F)c2)CCN1)C(=O)N[C@@H]1CCc2nc(N)ccc21. The van der Waals surface area contributed by atoms with Gasteiger partial charge in [-0.05, 0) is 61.1 Å². The van der Waals surface area contributed by atoms with Gasteiger partial charge in [-0.3, -0.25) is 9.59 Å². The molecule has 34 heavy (non-hydrogen) atoms. The Labute approximate surface area is 195 Å². The number of hydrogen-bond acceptors (Lipinski definition) is 5. The second-order valence-electron chi connectivity index (χ2n) is 8.51. The number of anilines is 1. The third-order valence-corrected chi connectivity index (χ3v) is 6.16. The number of alkyl halides is 2. The number of fused-ring (bicyclic) bond motifs is 1. The van der Waals surface area contributed by atoms with E-state index in [-0.39, 0.29) is 11.9 Å². The summed E-state index contributed by atoms with van der Waals surface area (Å²) in [5, 5.41) is 8.68. The van der Waals surface area contributed by atoms with Crippen LogP contribution in [0.4, 0.5) is 19.0 Å². The number of amides is 2. The van der Waals surface area contributed by atoms with E-state index in [0.29, 0.717) is 42.8 Å². The Morgan fingerprint density at radius 1 is 1.21 bits per heavy atom. The molecule has 1 aliphatic carbocycles. The van der Waals surface area contributed by atoms with Crippen molar-refractivity contribution in [2.45, 2.75) is 50.7 Å². The Morgan fingerprint density at radius 3 is 2.76 bits per heavy atom. The molecule has 0 saturated carbocycles. The fraction of sp³-hybridized carbons (Fsp3) is 0.375. The van der Waals surface area contributed by atoms with Gasteiger partial charge >= 0.3 is 0 Å². The molecule has 0 unspecified atom stereocenters. The number of aryl methyl sites for hydroxylation is 1. The maximum Gasteiger partial charge on any atom is 0.266 e. The van der Waals surface area contributed by atoms with Gasteiger partial charge in [-0.25, -0.2) is 18.2 Å². The van der Waals surface area contributed by atoms with Gasteiger partial charge in [-0.2, -0.15) is 0 Å². The minimum absolute atomic E-state index is 0.197. The summed E-state index contributed by atoms with van der Waals surface area (Å²) in [7, 11) is 0. The van der Waals surface area contributed by atoms with Crippen LogP contribution in [0.1, 0.15) is 54.6 Å². The van der Waals surface area contributed by atoms with Crippen molar-refractivity contribution in [2.75, 3.05) is 12.3 Å². The van der Waals surface area contributed by atoms with Crippen LogP contribution in [0, 0.1) is 5.82 Å². The Kier molecular flexibility index (Phi) is 6.87. The molecule has 0 fully saturated rings. The molecule has 0 radical (unpaired) electrons. The first kappa shape index (κ1) is 23.7. The van der Waals surface area contributed by atoms with Gasteiger partial charge in [-0.1, -0.05) is 18.2 Å². The minimum Gasteiger partial charge on any atom is -0.384 e. The van der Waals surface area contributed by atoms with Crippen LogP contribution < -0.4 is 21.7 Å². The summed E-state index contributed by atoms with van der Waals surface area (Å²) in [5.41, 5.74) is 7.93. The number of nitrogen functional groups attached to an aromatic ring is 1. The number of carbonyl (C=O) groups is 2. The van der Waals surface area contributed by atoms with E-state index < -0.39 is 35.8 Å². The molecule has 5 N–H and O–H groups in total. The zero-order chi connectivity index (χ0) is 24.4. The molecule has 2 amide bonds. The zero-order valence-corrected chi connectivity index (χ0v) is 18.6. The van der Waals surface area contributed by atoms with Crippen LogP contribution in [0.2, 0.25) is 0 Å². The van der Waals surface area contributed by atoms with E-state index in [9.17, 15) is 22.8 Å². The first-order chi connectivity index (χ1) is 16.2. The fourth-order valence-corrected chi connectivity index (χ4v) is 4.32. The van der Waals surface area contributed by atoms with Gasteiger partial charge < -0.3 is 21.7 Å². The molecule has 4 rings (SSSR count). The van der Waals surface area contributed by atoms with Gasteiger partial charge in [0.1, 0.15) is 23.7 Å². The van der Waals surface area contributed by atoms with Crippen LogP contribution in [-0.4, -0.2) is 35.4 Å². The number of rotatable bonds is 6. The van der Waals surface area contributed by atoms with Gasteiger partial charge in [0, 0.05) is 12.2 Å². The summed E-state index contributed by atoms with van der Waals surface area (Å²) in [4.78, 5) is 29.8. The molecular weight excluding hydrogens is 447 g/mol. The molecule has 0 bridgehead atoms. The minimum atomic E-state index is -2.93. The number of carbonyl (C=O) groups excluding carboxylic acids is 2. The van der Waals surface area contributed by atoms with Crippen LogP contribution in [0.25, 0.3) is 5.57 Å². The Bertz CT molecular complexity index is 1140. The summed E-state index contributed by atoms with van der Waals surface area (Å²) in [5.74, 6) is -1.28. The van der Waals surface area contributed by atoms with Crippen LogP contribution in [0.3, 0.4) is 0 Å². The number of nitrogens with one attached hydrogen (secondary N) is 3. The molecule has 3 atom stereocenters. The first-order valence-corrected chi connectivity index (χ1v) is 11.1. The largest absolute Gasteiger partial charge is 0.384 e. The summed E-state index contributed by atoms with van der Waals surface area (Å²) >= 11 is 0. The van der Waals surface area contributed by atoms with E-state index >= 15 is 0 Å². The normalized spacial score (nSPS) is 20.4. The van der Waals surface area contributed by atoms with Gasteiger partial charge in [-0.15, -0.1) is 0 Å². The highest BCUT2D eigenvalue weighted by atomic mass is 19.3. The third kappa shape index (κ3) is 5.06. The summed E-state index contributed by atoms with van der Waals surface area (Å²) in [6.45, 7) is 2.02. The molecule has 7 nitrogen and oxygen atoms in total. The van der Waals surface area contributed by atoms with Crippen molar-refractivity contribution in [3.05, 3.63) is 64.6 Å². The summed E-state index contributed by atoms with van der Waals surface area (Å²) in [6, 6.07) is 5.34. The average molecular weight is 473 g/mol. The average Bonchev–Trinajstić information content (AvgIpc) is 3.20. The van der Waals surface area contributed by atoms with E-state index in [1.165, 1.54) is 6.07 Å². The smallest absolute Gasteiger partial charge is 0.266 e. The molecule has 10 heteroatoms. The van der Waals surface area contributed by atoms with Crippen molar-refractivity contribution in [1.82, 2.24) is 20.9 Å². The number of hydrogen-bond donors (Lipinski definition) is 4. The summed E-state index contributed by atoms with van der Waals surface area (Å²) < 4.78 is 39.8. The molecule has 1 aliphatic heterocycles. The Balaban J connectivity index is 1.39. The molecular formula is C24H26F3N5O2. The van der Waals surface area contributed by atoms with Crippen LogP contribution in [0.15, 0.2) is 36.4 Å². The highest BCUT2D eigenvalue weighted by Crippen LogP contribution is 2.31. The van der Waals surface area contributed by atoms with Crippen molar-refractivity contribution in [2.24, 2.45) is 0 Å². The topological polar surface area (TPSA) is 109 Å². The lowest BCUT2D eigenvalue weighted by atomic mass is 9.95. The van der Waals surface area contributed by atoms with Crippen molar-refractivity contribution < 1.29 is 22.8 Å². The Hall–Kier alpha value is -3.40. The molecule has 2 aromatic rings. The highest BCUT2D eigenvalue weighted by molar-refractivity contribution is 5.92. The number of nitrogens with zero attached hydrogens (tertiary/aromatic N) is 1. The second kappa shape index (κ2) is 9.84. The standard InChI is InChI=1S/C24H26F3N5O2/c1-12(23(33)32-19-6-5-18-15(19)3-7-21(28)31-18)30-24(34)20-11-14(8-9-29-20)13-2-4-17(25)16(10-13)22(26)27/h2-4,7,10-12,19-20,22,29H,5-6,8-9H2,1H3,(H2,28,31)(H,30,34)(H,32,33)/t12-,19+,20+/m0/s1. The van der Waals surface area contributed by atoms with Crippen molar-refractivity contribution in [3.8, 4) is 0 Å². The highest BCUT2D eigenvalue weighted by Gasteiger charge is 2.29. The third-order valence-electron chi connectivity index (χ3n) is 6.16. The molecule has 2 heterocycles. The van der Waals surface area contributed by atoms with Gasteiger partial charge in [0.25, 0.3) is 6.43 Å². The van der Waals surface area contributed by atoms with E-state index in [1.807, 2.05) is 6.07 Å². The first-order valence-electron chi connectivity index (χ1n) is 11.1. The van der Waals surface area contributed by atoms with Crippen LogP contribution >= 0.6 is 0 Å².